The van der Waals surface area contributed by atoms with E-state index in [0.29, 0.717) is 0 Å². The summed E-state index contributed by atoms with van der Waals surface area (Å²) < 4.78 is 6.49. The molecule has 1 aliphatic heterocycles. The molecule has 3 heterocycles. The second-order valence-corrected chi connectivity index (χ2v) is 5.51. The van der Waals surface area contributed by atoms with E-state index in [4.69, 9.17) is 4.74 Å². The molecule has 6 heteroatoms. The first-order valence-corrected chi connectivity index (χ1v) is 7.53. The number of hydrogen-bond donors (Lipinski definition) is 1. The maximum Gasteiger partial charge on any atom is 0.147 e. The van der Waals surface area contributed by atoms with E-state index >= 15 is 0 Å². The van der Waals surface area contributed by atoms with E-state index in [-0.39, 0.29) is 0 Å². The number of morpholine rings is 1. The number of ether oxygens (including phenoxy) is 1. The van der Waals surface area contributed by atoms with Crippen LogP contribution in [0.15, 0.2) is 17.8 Å². The second-order valence-electron chi connectivity index (χ2n) is 4.59. The van der Waals surface area contributed by atoms with E-state index in [1.54, 1.807) is 17.7 Å². The lowest BCUT2D eigenvalue weighted by molar-refractivity contribution is 0.0378. The van der Waals surface area contributed by atoms with Crippen molar-refractivity contribution in [3.8, 4) is 0 Å². The zero-order chi connectivity index (χ0) is 12.9. The second kappa shape index (κ2) is 6.27. The quantitative estimate of drug-likeness (QED) is 0.846. The lowest BCUT2D eigenvalue weighted by atomic mass is 10.3. The Bertz CT molecular complexity index is 524. The number of nitrogens with one attached hydrogen (secondary N) is 1. The van der Waals surface area contributed by atoms with Crippen LogP contribution in [0.2, 0.25) is 0 Å². The Balaban J connectivity index is 1.48. The number of thiophene rings is 1. The molecular weight excluding hydrogens is 260 g/mol. The molecule has 0 radical (unpaired) electrons. The summed E-state index contributed by atoms with van der Waals surface area (Å²) in [6.45, 7) is 5.92. The van der Waals surface area contributed by atoms with Crippen molar-refractivity contribution in [2.45, 2.75) is 6.42 Å². The maximum atomic E-state index is 5.34. The van der Waals surface area contributed by atoms with Crippen LogP contribution in [-0.4, -0.2) is 54.3 Å². The standard InChI is InChI=1S/C13H18N4OS/c1(4-17-5-7-18-8-6-17)3-14-13-12-11(2-9-19-12)15-10-16-13/h2,9-10H,1,3-8H2,(H,14,15,16). The van der Waals surface area contributed by atoms with Crippen molar-refractivity contribution in [3.63, 3.8) is 0 Å². The molecule has 0 amide bonds. The first-order chi connectivity index (χ1) is 9.43. The largest absolute Gasteiger partial charge is 0.379 e. The van der Waals surface area contributed by atoms with E-state index < -0.39 is 0 Å². The number of anilines is 1. The van der Waals surface area contributed by atoms with Gasteiger partial charge in [0.15, 0.2) is 0 Å². The van der Waals surface area contributed by atoms with Crippen molar-refractivity contribution in [2.24, 2.45) is 0 Å². The highest BCUT2D eigenvalue weighted by Gasteiger charge is 2.09. The molecule has 1 fully saturated rings. The van der Waals surface area contributed by atoms with Gasteiger partial charge in [0.25, 0.3) is 0 Å². The molecule has 1 N–H and O–H groups in total. The van der Waals surface area contributed by atoms with Crippen LogP contribution in [0, 0.1) is 0 Å². The van der Waals surface area contributed by atoms with Crippen molar-refractivity contribution in [2.75, 3.05) is 44.7 Å². The molecule has 0 aliphatic carbocycles. The van der Waals surface area contributed by atoms with E-state index in [9.17, 15) is 0 Å². The molecule has 0 unspecified atom stereocenters. The van der Waals surface area contributed by atoms with Gasteiger partial charge < -0.3 is 10.1 Å². The van der Waals surface area contributed by atoms with Gasteiger partial charge in [-0.15, -0.1) is 11.3 Å². The van der Waals surface area contributed by atoms with E-state index in [0.717, 1.165) is 61.8 Å². The molecule has 0 aromatic carbocycles. The third kappa shape index (κ3) is 3.20. The molecule has 19 heavy (non-hydrogen) atoms. The molecule has 2 aromatic heterocycles. The smallest absolute Gasteiger partial charge is 0.147 e. The molecule has 0 saturated carbocycles. The molecule has 1 aliphatic rings. The van der Waals surface area contributed by atoms with Gasteiger partial charge in [-0.3, -0.25) is 4.90 Å². The average molecular weight is 278 g/mol. The molecule has 0 atom stereocenters. The molecule has 1 saturated heterocycles. The van der Waals surface area contributed by atoms with Gasteiger partial charge >= 0.3 is 0 Å². The fourth-order valence-electron chi connectivity index (χ4n) is 2.25. The summed E-state index contributed by atoms with van der Waals surface area (Å²) in [5.74, 6) is 0.960. The van der Waals surface area contributed by atoms with E-state index in [2.05, 4.69) is 25.6 Å². The van der Waals surface area contributed by atoms with Crippen molar-refractivity contribution < 1.29 is 4.74 Å². The topological polar surface area (TPSA) is 50.3 Å². The minimum absolute atomic E-state index is 0.870. The summed E-state index contributed by atoms with van der Waals surface area (Å²) >= 11 is 1.69. The summed E-state index contributed by atoms with van der Waals surface area (Å²) in [5.41, 5.74) is 1.02. The molecule has 0 spiro atoms. The Morgan fingerprint density at radius 1 is 1.32 bits per heavy atom. The summed E-state index contributed by atoms with van der Waals surface area (Å²) in [6, 6.07) is 2.03. The van der Waals surface area contributed by atoms with Gasteiger partial charge in [0, 0.05) is 19.6 Å². The van der Waals surface area contributed by atoms with Gasteiger partial charge in [0.1, 0.15) is 12.1 Å². The predicted octanol–water partition coefficient (Wildman–Crippen LogP) is 1.83. The highest BCUT2D eigenvalue weighted by Crippen LogP contribution is 2.24. The van der Waals surface area contributed by atoms with Crippen LogP contribution in [0.1, 0.15) is 6.42 Å². The van der Waals surface area contributed by atoms with Crippen LogP contribution >= 0.6 is 11.3 Å². The summed E-state index contributed by atoms with van der Waals surface area (Å²) in [6.07, 6.45) is 2.75. The lowest BCUT2D eigenvalue weighted by Crippen LogP contribution is -2.37. The van der Waals surface area contributed by atoms with Crippen LogP contribution in [0.25, 0.3) is 10.2 Å². The molecule has 5 nitrogen and oxygen atoms in total. The Hall–Kier alpha value is -1.24. The summed E-state index contributed by atoms with van der Waals surface area (Å²) in [7, 11) is 0. The van der Waals surface area contributed by atoms with Crippen molar-refractivity contribution >= 4 is 27.4 Å². The average Bonchev–Trinajstić information content (AvgIpc) is 2.94. The van der Waals surface area contributed by atoms with Gasteiger partial charge in [0.2, 0.25) is 0 Å². The number of rotatable bonds is 5. The summed E-state index contributed by atoms with van der Waals surface area (Å²) in [5, 5.41) is 5.47. The lowest BCUT2D eigenvalue weighted by Gasteiger charge is -2.26. The van der Waals surface area contributed by atoms with Crippen molar-refractivity contribution in [1.29, 1.82) is 0 Å². The minimum Gasteiger partial charge on any atom is -0.379 e. The molecule has 102 valence electrons. The molecule has 2 aromatic rings. The minimum atomic E-state index is 0.870. The summed E-state index contributed by atoms with van der Waals surface area (Å²) in [4.78, 5) is 11.0. The Kier molecular flexibility index (Phi) is 4.22. The first-order valence-electron chi connectivity index (χ1n) is 6.66. The highest BCUT2D eigenvalue weighted by molar-refractivity contribution is 7.17. The van der Waals surface area contributed by atoms with Gasteiger partial charge in [-0.2, -0.15) is 0 Å². The van der Waals surface area contributed by atoms with Gasteiger partial charge in [-0.25, -0.2) is 9.97 Å². The zero-order valence-corrected chi connectivity index (χ0v) is 11.7. The van der Waals surface area contributed by atoms with Gasteiger partial charge in [-0.1, -0.05) is 0 Å². The molecule has 3 rings (SSSR count). The number of aromatic nitrogens is 2. The number of nitrogens with zero attached hydrogens (tertiary/aromatic N) is 3. The van der Waals surface area contributed by atoms with E-state index in [1.807, 2.05) is 6.07 Å². The fourth-order valence-corrected chi connectivity index (χ4v) is 3.06. The fraction of sp³-hybridized carbons (Fsp3) is 0.538. The van der Waals surface area contributed by atoms with Gasteiger partial charge in [0.05, 0.1) is 23.4 Å². The van der Waals surface area contributed by atoms with Crippen LogP contribution in [0.5, 0.6) is 0 Å². The van der Waals surface area contributed by atoms with Crippen LogP contribution < -0.4 is 5.32 Å². The first kappa shape index (κ1) is 12.8. The van der Waals surface area contributed by atoms with Gasteiger partial charge in [-0.05, 0) is 24.4 Å². The maximum absolute atomic E-state index is 5.34. The Morgan fingerprint density at radius 2 is 2.21 bits per heavy atom. The van der Waals surface area contributed by atoms with Crippen LogP contribution in [-0.2, 0) is 4.74 Å². The third-order valence-electron chi connectivity index (χ3n) is 3.29. The predicted molar refractivity (Wildman–Crippen MR) is 77.8 cm³/mol. The Labute approximate surface area is 116 Å². The zero-order valence-electron chi connectivity index (χ0n) is 10.8. The monoisotopic (exact) mass is 278 g/mol. The van der Waals surface area contributed by atoms with Crippen LogP contribution in [0.3, 0.4) is 0 Å². The normalized spacial score (nSPS) is 16.8. The molecule has 0 bridgehead atoms. The Morgan fingerprint density at radius 3 is 3.11 bits per heavy atom. The van der Waals surface area contributed by atoms with Crippen molar-refractivity contribution in [1.82, 2.24) is 14.9 Å². The van der Waals surface area contributed by atoms with Crippen LogP contribution in [0.4, 0.5) is 5.82 Å². The number of hydrogen-bond acceptors (Lipinski definition) is 6. The SMILES string of the molecule is c1nc(NCCCN2CCOCC2)c2sccc2n1. The highest BCUT2D eigenvalue weighted by atomic mass is 32.1. The number of fused-ring (bicyclic) bond motifs is 1. The van der Waals surface area contributed by atoms with E-state index in [1.165, 1.54) is 0 Å². The molecular formula is C13H18N4OS. The van der Waals surface area contributed by atoms with Crippen molar-refractivity contribution in [3.05, 3.63) is 17.8 Å². The third-order valence-corrected chi connectivity index (χ3v) is 4.20.